The summed E-state index contributed by atoms with van der Waals surface area (Å²) in [6.45, 7) is 7.90. The lowest BCUT2D eigenvalue weighted by Crippen LogP contribution is -2.03. The minimum atomic E-state index is 0. The van der Waals surface area contributed by atoms with Gasteiger partial charge in [-0.05, 0) is 50.5 Å². The Morgan fingerprint density at radius 2 is 1.00 bits per heavy atom. The first kappa shape index (κ1) is 25.2. The molecule has 0 atom stereocenters. The second kappa shape index (κ2) is 18.3. The number of hydrogen-bond acceptors (Lipinski definition) is 1. The maximum absolute atomic E-state index is 5.49. The second-order valence-corrected chi connectivity index (χ2v) is 8.04. The highest BCUT2D eigenvalue weighted by Gasteiger charge is 2.08. The van der Waals surface area contributed by atoms with E-state index in [0.29, 0.717) is 5.41 Å². The van der Waals surface area contributed by atoms with Crippen LogP contribution in [0.1, 0.15) is 111 Å². The Bertz CT molecular complexity index is 243. The highest BCUT2D eigenvalue weighted by Crippen LogP contribution is 2.22. The molecule has 140 valence electrons. The number of nitrogens with two attached hydrogens (primary N) is 1. The van der Waals surface area contributed by atoms with Crippen LogP contribution in [-0.2, 0) is 0 Å². The molecule has 0 saturated carbocycles. The summed E-state index contributed by atoms with van der Waals surface area (Å²) in [5.41, 5.74) is 6.01. The summed E-state index contributed by atoms with van der Waals surface area (Å²) in [5, 5.41) is 0. The first-order chi connectivity index (χ1) is 10.6. The van der Waals surface area contributed by atoms with Crippen LogP contribution in [0.2, 0.25) is 0 Å². The molecule has 23 heavy (non-hydrogen) atoms. The molecule has 0 aromatic rings. The van der Waals surface area contributed by atoms with Crippen molar-refractivity contribution in [2.24, 2.45) is 11.1 Å². The van der Waals surface area contributed by atoms with E-state index in [1.54, 1.807) is 0 Å². The molecule has 1 nitrogen and oxygen atoms in total. The van der Waals surface area contributed by atoms with E-state index in [2.05, 4.69) is 32.9 Å². The molecule has 0 amide bonds. The summed E-state index contributed by atoms with van der Waals surface area (Å²) in [4.78, 5) is 0. The summed E-state index contributed by atoms with van der Waals surface area (Å²) in [5.74, 6) is 0. The average molecular weight is 346 g/mol. The molecule has 0 aromatic carbocycles. The van der Waals surface area contributed by atoms with Gasteiger partial charge in [-0.15, -0.1) is 12.4 Å². The van der Waals surface area contributed by atoms with E-state index in [1.807, 2.05) is 0 Å². The lowest BCUT2D eigenvalue weighted by molar-refractivity contribution is 0.356. The Balaban J connectivity index is 0. The van der Waals surface area contributed by atoms with Crippen molar-refractivity contribution in [1.29, 1.82) is 0 Å². The molecular formula is C21H44ClN. The molecule has 2 heteroatoms. The van der Waals surface area contributed by atoms with E-state index in [0.717, 1.165) is 6.54 Å². The van der Waals surface area contributed by atoms with E-state index in [1.165, 1.54) is 89.9 Å². The zero-order chi connectivity index (χ0) is 16.5. The van der Waals surface area contributed by atoms with Gasteiger partial charge < -0.3 is 5.73 Å². The highest BCUT2D eigenvalue weighted by atomic mass is 35.5. The molecular weight excluding hydrogens is 302 g/mol. The number of hydrogen-bond donors (Lipinski definition) is 1. The molecule has 2 N–H and O–H groups in total. The van der Waals surface area contributed by atoms with Crippen molar-refractivity contribution in [3.63, 3.8) is 0 Å². The minimum absolute atomic E-state index is 0. The van der Waals surface area contributed by atoms with Gasteiger partial charge in [-0.25, -0.2) is 0 Å². The van der Waals surface area contributed by atoms with Gasteiger partial charge in [-0.2, -0.15) is 0 Å². The van der Waals surface area contributed by atoms with Gasteiger partial charge in [0.15, 0.2) is 0 Å². The Hall–Kier alpha value is -0.0100. The van der Waals surface area contributed by atoms with Crippen molar-refractivity contribution in [1.82, 2.24) is 0 Å². The van der Waals surface area contributed by atoms with E-state index >= 15 is 0 Å². The fourth-order valence-corrected chi connectivity index (χ4v) is 2.80. The van der Waals surface area contributed by atoms with Crippen LogP contribution in [-0.4, -0.2) is 6.54 Å². The molecule has 0 aromatic heterocycles. The van der Waals surface area contributed by atoms with Crippen molar-refractivity contribution in [3.8, 4) is 0 Å². The molecule has 0 saturated heterocycles. The molecule has 0 aliphatic carbocycles. The van der Waals surface area contributed by atoms with Crippen LogP contribution in [0.25, 0.3) is 0 Å². The molecule has 0 fully saturated rings. The van der Waals surface area contributed by atoms with Crippen LogP contribution in [0.4, 0.5) is 0 Å². The van der Waals surface area contributed by atoms with Crippen molar-refractivity contribution in [2.75, 3.05) is 6.54 Å². The number of halogens is 1. The number of rotatable bonds is 15. The van der Waals surface area contributed by atoms with Gasteiger partial charge >= 0.3 is 0 Å². The molecule has 0 radical (unpaired) electrons. The van der Waals surface area contributed by atoms with Gasteiger partial charge in [0.05, 0.1) is 0 Å². The van der Waals surface area contributed by atoms with Crippen LogP contribution < -0.4 is 5.73 Å². The molecule has 0 aliphatic rings. The zero-order valence-corrected chi connectivity index (χ0v) is 17.1. The third-order valence-corrected chi connectivity index (χ3v) is 4.29. The van der Waals surface area contributed by atoms with Crippen molar-refractivity contribution in [3.05, 3.63) is 12.2 Å². The highest BCUT2D eigenvalue weighted by molar-refractivity contribution is 5.85. The SMILES string of the molecule is CC(C)(C)CCCCCCC/C=C\CCCCCCCCN.Cl. The molecule has 0 spiro atoms. The maximum Gasteiger partial charge on any atom is -0.00773 e. The Labute approximate surface area is 153 Å². The molecule has 0 rings (SSSR count). The van der Waals surface area contributed by atoms with Gasteiger partial charge in [0.1, 0.15) is 0 Å². The van der Waals surface area contributed by atoms with Crippen LogP contribution in [0.15, 0.2) is 12.2 Å². The first-order valence-corrected chi connectivity index (χ1v) is 9.91. The zero-order valence-electron chi connectivity index (χ0n) is 16.2. The predicted molar refractivity (Wildman–Crippen MR) is 110 cm³/mol. The van der Waals surface area contributed by atoms with Crippen molar-refractivity contribution < 1.29 is 0 Å². The second-order valence-electron chi connectivity index (χ2n) is 8.04. The average Bonchev–Trinajstić information content (AvgIpc) is 2.45. The van der Waals surface area contributed by atoms with E-state index in [9.17, 15) is 0 Å². The van der Waals surface area contributed by atoms with Gasteiger partial charge in [-0.3, -0.25) is 0 Å². The molecule has 0 unspecified atom stereocenters. The molecule has 0 heterocycles. The van der Waals surface area contributed by atoms with E-state index in [4.69, 9.17) is 5.73 Å². The largest absolute Gasteiger partial charge is 0.330 e. The lowest BCUT2D eigenvalue weighted by atomic mass is 9.89. The smallest absolute Gasteiger partial charge is 0.00773 e. The third kappa shape index (κ3) is 24.4. The Morgan fingerprint density at radius 3 is 1.43 bits per heavy atom. The van der Waals surface area contributed by atoms with Crippen LogP contribution >= 0.6 is 12.4 Å². The van der Waals surface area contributed by atoms with Crippen molar-refractivity contribution >= 4 is 12.4 Å². The molecule has 0 aliphatic heterocycles. The topological polar surface area (TPSA) is 26.0 Å². The van der Waals surface area contributed by atoms with Crippen molar-refractivity contribution in [2.45, 2.75) is 111 Å². The number of allylic oxidation sites excluding steroid dienone is 2. The fourth-order valence-electron chi connectivity index (χ4n) is 2.80. The van der Waals surface area contributed by atoms with Crippen LogP contribution in [0.3, 0.4) is 0 Å². The normalized spacial score (nSPS) is 11.8. The summed E-state index contributed by atoms with van der Waals surface area (Å²) >= 11 is 0. The Kier molecular flexibility index (Phi) is 20.1. The summed E-state index contributed by atoms with van der Waals surface area (Å²) in [6.07, 6.45) is 23.8. The monoisotopic (exact) mass is 345 g/mol. The van der Waals surface area contributed by atoms with Crippen LogP contribution in [0.5, 0.6) is 0 Å². The molecule has 0 bridgehead atoms. The van der Waals surface area contributed by atoms with Gasteiger partial charge in [0.25, 0.3) is 0 Å². The van der Waals surface area contributed by atoms with Crippen LogP contribution in [0, 0.1) is 5.41 Å². The lowest BCUT2D eigenvalue weighted by Gasteiger charge is -2.17. The predicted octanol–water partition coefficient (Wildman–Crippen LogP) is 7.43. The minimum Gasteiger partial charge on any atom is -0.330 e. The third-order valence-electron chi connectivity index (χ3n) is 4.29. The summed E-state index contributed by atoms with van der Waals surface area (Å²) < 4.78 is 0. The van der Waals surface area contributed by atoms with E-state index in [-0.39, 0.29) is 12.4 Å². The first-order valence-electron chi connectivity index (χ1n) is 9.91. The Morgan fingerprint density at radius 1 is 0.609 bits per heavy atom. The van der Waals surface area contributed by atoms with Gasteiger partial charge in [-0.1, -0.05) is 84.3 Å². The maximum atomic E-state index is 5.49. The summed E-state index contributed by atoms with van der Waals surface area (Å²) in [7, 11) is 0. The quantitative estimate of drug-likeness (QED) is 0.242. The van der Waals surface area contributed by atoms with Gasteiger partial charge in [0.2, 0.25) is 0 Å². The summed E-state index contributed by atoms with van der Waals surface area (Å²) in [6, 6.07) is 0. The van der Waals surface area contributed by atoms with Gasteiger partial charge in [0, 0.05) is 0 Å². The number of unbranched alkanes of at least 4 members (excludes halogenated alkanes) is 11. The van der Waals surface area contributed by atoms with E-state index < -0.39 is 0 Å². The fraction of sp³-hybridized carbons (Fsp3) is 0.905. The standard InChI is InChI=1S/C21H43N.ClH/c1-21(2,3)19-17-15-13-11-9-7-5-4-6-8-10-12-14-16-18-20-22;/h4-5H,6-20,22H2,1-3H3;1H/b5-4-;.